The van der Waals surface area contributed by atoms with Gasteiger partial charge in [0.15, 0.2) is 0 Å². The van der Waals surface area contributed by atoms with Gasteiger partial charge in [0.2, 0.25) is 5.91 Å². The molecule has 2 aromatic rings. The van der Waals surface area contributed by atoms with E-state index >= 15 is 0 Å². The number of ether oxygens (including phenoxy) is 1. The van der Waals surface area contributed by atoms with E-state index in [9.17, 15) is 19.5 Å². The number of fused-ring (bicyclic) bond motifs is 1. The lowest BCUT2D eigenvalue weighted by molar-refractivity contribution is -0.116. The van der Waals surface area contributed by atoms with Crippen LogP contribution in [-0.4, -0.2) is 105 Å². The van der Waals surface area contributed by atoms with Crippen LogP contribution < -0.4 is 10.9 Å². The van der Waals surface area contributed by atoms with E-state index in [0.717, 1.165) is 13.1 Å². The Bertz CT molecular complexity index is 1210. The Morgan fingerprint density at radius 3 is 2.45 bits per heavy atom. The number of carbonyl (C=O) groups excluding carboxylic acids is 2. The zero-order valence-electron chi connectivity index (χ0n) is 22.9. The Balaban J connectivity index is 1.28. The van der Waals surface area contributed by atoms with E-state index in [1.54, 1.807) is 23.1 Å². The van der Waals surface area contributed by atoms with Crippen LogP contribution in [-0.2, 0) is 16.1 Å². The molecule has 4 rings (SSSR count). The van der Waals surface area contributed by atoms with Gasteiger partial charge in [0, 0.05) is 57.9 Å². The zero-order chi connectivity index (χ0) is 27.5. The Labute approximate surface area is 223 Å². The first kappa shape index (κ1) is 28.0. The van der Waals surface area contributed by atoms with Crippen LogP contribution in [0.5, 0.6) is 0 Å². The molecular formula is C27H40N6O5. The van der Waals surface area contributed by atoms with Gasteiger partial charge in [-0.1, -0.05) is 0 Å². The number of amides is 2. The van der Waals surface area contributed by atoms with Crippen LogP contribution in [0.15, 0.2) is 29.3 Å². The van der Waals surface area contributed by atoms with Gasteiger partial charge in [-0.15, -0.1) is 0 Å². The number of carbonyl (C=O) groups is 2. The summed E-state index contributed by atoms with van der Waals surface area (Å²) in [5.74, 6) is -0.128. The maximum absolute atomic E-state index is 13.0. The van der Waals surface area contributed by atoms with Gasteiger partial charge in [-0.2, -0.15) is 0 Å². The molecule has 1 aromatic heterocycles. The minimum atomic E-state index is -0.915. The number of anilines is 1. The lowest BCUT2D eigenvalue weighted by Crippen LogP contribution is -2.50. The van der Waals surface area contributed by atoms with Crippen molar-refractivity contribution >= 4 is 28.6 Å². The summed E-state index contributed by atoms with van der Waals surface area (Å²) in [6, 6.07) is 5.08. The Morgan fingerprint density at radius 1 is 1.11 bits per heavy atom. The molecule has 2 N–H and O–H groups in total. The van der Waals surface area contributed by atoms with Gasteiger partial charge in [-0.05, 0) is 58.9 Å². The molecule has 2 saturated heterocycles. The molecule has 2 aliphatic heterocycles. The highest BCUT2D eigenvalue weighted by atomic mass is 16.6. The van der Waals surface area contributed by atoms with Crippen LogP contribution in [0, 0.1) is 0 Å². The number of aliphatic hydroxyl groups is 1. The van der Waals surface area contributed by atoms with Crippen molar-refractivity contribution in [2.75, 3.05) is 58.2 Å². The monoisotopic (exact) mass is 528 g/mol. The molecule has 2 fully saturated rings. The average Bonchev–Trinajstić information content (AvgIpc) is 2.86. The Morgan fingerprint density at radius 2 is 1.79 bits per heavy atom. The van der Waals surface area contributed by atoms with Gasteiger partial charge in [0.25, 0.3) is 5.56 Å². The van der Waals surface area contributed by atoms with Gasteiger partial charge in [0.05, 0.1) is 29.4 Å². The van der Waals surface area contributed by atoms with Gasteiger partial charge in [-0.25, -0.2) is 9.78 Å². The highest BCUT2D eigenvalue weighted by Gasteiger charge is 2.32. The fraction of sp³-hybridized carbons (Fsp3) is 0.630. The minimum Gasteiger partial charge on any atom is -0.444 e. The maximum atomic E-state index is 13.0. The third-order valence-corrected chi connectivity index (χ3v) is 7.17. The van der Waals surface area contributed by atoms with Crippen LogP contribution >= 0.6 is 0 Å². The summed E-state index contributed by atoms with van der Waals surface area (Å²) < 4.78 is 6.91. The number of hydrogen-bond acceptors (Lipinski definition) is 8. The molecule has 1 aromatic carbocycles. The first-order chi connectivity index (χ1) is 17.9. The SMILES string of the molecule is CN1CCC(O)(Cn2cnc3cc(NC(=O)CCN4CCN(C(=O)OC(C)(C)C)CC4)ccc3c2=O)CC1. The first-order valence-electron chi connectivity index (χ1n) is 13.3. The molecule has 0 atom stereocenters. The van der Waals surface area contributed by atoms with E-state index in [2.05, 4.69) is 20.1 Å². The van der Waals surface area contributed by atoms with Gasteiger partial charge in [0.1, 0.15) is 5.60 Å². The van der Waals surface area contributed by atoms with E-state index in [4.69, 9.17) is 4.74 Å². The fourth-order valence-electron chi connectivity index (χ4n) is 4.82. The molecule has 0 unspecified atom stereocenters. The van der Waals surface area contributed by atoms with Crippen molar-refractivity contribution in [3.63, 3.8) is 0 Å². The normalized spacial score (nSPS) is 18.9. The van der Waals surface area contributed by atoms with Crippen LogP contribution in [0.4, 0.5) is 10.5 Å². The Hall–Kier alpha value is -3.02. The molecule has 2 aliphatic rings. The second-order valence-electron chi connectivity index (χ2n) is 11.5. The number of rotatable bonds is 6. The van der Waals surface area contributed by atoms with Crippen LogP contribution in [0.2, 0.25) is 0 Å². The molecule has 0 spiro atoms. The number of aromatic nitrogens is 2. The van der Waals surface area contributed by atoms with Crippen LogP contribution in [0.25, 0.3) is 10.9 Å². The van der Waals surface area contributed by atoms with Crippen molar-refractivity contribution < 1.29 is 19.4 Å². The van der Waals surface area contributed by atoms with E-state index in [0.29, 0.717) is 68.6 Å². The molecule has 2 amide bonds. The van der Waals surface area contributed by atoms with E-state index in [1.807, 2.05) is 27.8 Å². The lowest BCUT2D eigenvalue weighted by atomic mass is 9.91. The molecule has 0 bridgehead atoms. The number of likely N-dealkylation sites (tertiary alicyclic amines) is 1. The van der Waals surface area contributed by atoms with Crippen molar-refractivity contribution in [3.05, 3.63) is 34.9 Å². The highest BCUT2D eigenvalue weighted by Crippen LogP contribution is 2.23. The third-order valence-electron chi connectivity index (χ3n) is 7.17. The van der Waals surface area contributed by atoms with Gasteiger partial charge in [-0.3, -0.25) is 19.1 Å². The number of nitrogens with zero attached hydrogens (tertiary/aromatic N) is 5. The van der Waals surface area contributed by atoms with Gasteiger partial charge < -0.3 is 25.0 Å². The van der Waals surface area contributed by atoms with Crippen molar-refractivity contribution in [2.24, 2.45) is 0 Å². The largest absolute Gasteiger partial charge is 0.444 e. The zero-order valence-corrected chi connectivity index (χ0v) is 22.9. The average molecular weight is 529 g/mol. The summed E-state index contributed by atoms with van der Waals surface area (Å²) in [5.41, 5.74) is -0.559. The van der Waals surface area contributed by atoms with Crippen molar-refractivity contribution in [1.29, 1.82) is 0 Å². The smallest absolute Gasteiger partial charge is 0.410 e. The molecule has 208 valence electrons. The summed E-state index contributed by atoms with van der Waals surface area (Å²) in [6.45, 7) is 10.4. The second kappa shape index (κ2) is 11.4. The van der Waals surface area contributed by atoms with Crippen molar-refractivity contribution in [3.8, 4) is 0 Å². The van der Waals surface area contributed by atoms with E-state index in [1.165, 1.54) is 10.9 Å². The van der Waals surface area contributed by atoms with E-state index in [-0.39, 0.29) is 24.1 Å². The summed E-state index contributed by atoms with van der Waals surface area (Å²) in [7, 11) is 2.02. The number of hydrogen-bond donors (Lipinski definition) is 2. The third kappa shape index (κ3) is 7.30. The predicted octanol–water partition coefficient (Wildman–Crippen LogP) is 1.73. The van der Waals surface area contributed by atoms with E-state index < -0.39 is 11.2 Å². The number of benzene rings is 1. The van der Waals surface area contributed by atoms with Crippen molar-refractivity contribution in [2.45, 2.75) is 57.8 Å². The lowest BCUT2D eigenvalue weighted by Gasteiger charge is -2.36. The molecule has 11 nitrogen and oxygen atoms in total. The maximum Gasteiger partial charge on any atom is 0.410 e. The summed E-state index contributed by atoms with van der Waals surface area (Å²) in [6.07, 6.45) is 2.71. The molecule has 38 heavy (non-hydrogen) atoms. The number of piperazine rings is 1. The predicted molar refractivity (Wildman–Crippen MR) is 145 cm³/mol. The Kier molecular flexibility index (Phi) is 8.39. The molecule has 11 heteroatoms. The van der Waals surface area contributed by atoms with Gasteiger partial charge >= 0.3 is 6.09 Å². The molecule has 0 saturated carbocycles. The molecule has 0 radical (unpaired) electrons. The van der Waals surface area contributed by atoms with Crippen LogP contribution in [0.3, 0.4) is 0 Å². The minimum absolute atomic E-state index is 0.128. The summed E-state index contributed by atoms with van der Waals surface area (Å²) in [4.78, 5) is 48.3. The quantitative estimate of drug-likeness (QED) is 0.582. The summed E-state index contributed by atoms with van der Waals surface area (Å²) in [5, 5.41) is 14.3. The summed E-state index contributed by atoms with van der Waals surface area (Å²) >= 11 is 0. The number of piperidine rings is 1. The first-order valence-corrected chi connectivity index (χ1v) is 13.3. The second-order valence-corrected chi connectivity index (χ2v) is 11.5. The molecule has 3 heterocycles. The standard InChI is InChI=1S/C27H40N6O5/c1-26(2,3)38-25(36)32-15-13-31(14-16-32)10-7-23(34)29-20-5-6-21-22(17-20)28-19-33(24(21)35)18-27(37)8-11-30(4)12-9-27/h5-6,17,19,37H,7-16,18H2,1-4H3,(H,29,34). The number of nitrogens with one attached hydrogen (secondary N) is 1. The van der Waals surface area contributed by atoms with Crippen LogP contribution in [0.1, 0.15) is 40.0 Å². The highest BCUT2D eigenvalue weighted by molar-refractivity contribution is 5.93. The molecular weight excluding hydrogens is 488 g/mol. The fourth-order valence-corrected chi connectivity index (χ4v) is 4.82. The topological polar surface area (TPSA) is 120 Å². The van der Waals surface area contributed by atoms with Crippen molar-refractivity contribution in [1.82, 2.24) is 24.3 Å². The molecule has 0 aliphatic carbocycles.